The molecule has 0 saturated carbocycles. The molecule has 7 heteroatoms. The summed E-state index contributed by atoms with van der Waals surface area (Å²) >= 11 is 0. The molecule has 1 amide bonds. The van der Waals surface area contributed by atoms with Gasteiger partial charge in [0.2, 0.25) is 5.91 Å². The van der Waals surface area contributed by atoms with E-state index in [1.54, 1.807) is 24.9 Å². The van der Waals surface area contributed by atoms with E-state index in [9.17, 15) is 13.2 Å². The number of nitrogens with zero attached hydrogens (tertiary/aromatic N) is 3. The molecule has 1 aromatic rings. The van der Waals surface area contributed by atoms with Gasteiger partial charge in [0.05, 0.1) is 24.0 Å². The minimum absolute atomic E-state index is 0.0305. The summed E-state index contributed by atoms with van der Waals surface area (Å²) in [4.78, 5) is 14.2. The molecule has 2 heterocycles. The first kappa shape index (κ1) is 17.0. The molecule has 0 aliphatic carbocycles. The normalized spacial score (nSPS) is 19.6. The van der Waals surface area contributed by atoms with Gasteiger partial charge in [0.1, 0.15) is 5.75 Å². The van der Waals surface area contributed by atoms with Gasteiger partial charge in [-0.1, -0.05) is 0 Å². The maximum atomic E-state index is 12.4. The van der Waals surface area contributed by atoms with Crippen molar-refractivity contribution in [1.82, 2.24) is 14.7 Å². The van der Waals surface area contributed by atoms with E-state index in [0.717, 1.165) is 24.8 Å². The summed E-state index contributed by atoms with van der Waals surface area (Å²) in [6.45, 7) is 6.47. The van der Waals surface area contributed by atoms with E-state index in [1.165, 1.54) is 0 Å². The summed E-state index contributed by atoms with van der Waals surface area (Å²) in [5.74, 6) is -0.665. The molecular weight excluding hydrogens is 302 g/mol. The fraction of sp³-hybridized carbons (Fsp3) is 0.733. The molecule has 1 aliphatic heterocycles. The van der Waals surface area contributed by atoms with Crippen molar-refractivity contribution in [2.45, 2.75) is 57.9 Å². The molecule has 1 aliphatic rings. The highest BCUT2D eigenvalue weighted by molar-refractivity contribution is 7.92. The van der Waals surface area contributed by atoms with Crippen LogP contribution in [0.1, 0.15) is 38.7 Å². The van der Waals surface area contributed by atoms with E-state index in [1.807, 2.05) is 17.8 Å². The fourth-order valence-corrected chi connectivity index (χ4v) is 3.57. The molecular formula is C15H25N3O3S. The van der Waals surface area contributed by atoms with Crippen LogP contribution in [0, 0.1) is 6.92 Å². The van der Waals surface area contributed by atoms with Crippen molar-refractivity contribution in [3.63, 3.8) is 0 Å². The summed E-state index contributed by atoms with van der Waals surface area (Å²) in [7, 11) is -3.35. The lowest BCUT2D eigenvalue weighted by Crippen LogP contribution is -2.48. The molecule has 1 atom stereocenters. The van der Waals surface area contributed by atoms with Gasteiger partial charge >= 0.3 is 0 Å². The summed E-state index contributed by atoms with van der Waals surface area (Å²) in [5, 5.41) is 3.75. The highest BCUT2D eigenvalue weighted by Gasteiger charge is 2.31. The quantitative estimate of drug-likeness (QED) is 0.819. The Balaban J connectivity index is 2.07. The minimum Gasteiger partial charge on any atom is -0.337 e. The van der Waals surface area contributed by atoms with Crippen LogP contribution in [-0.2, 0) is 21.2 Å². The van der Waals surface area contributed by atoms with Crippen LogP contribution < -0.4 is 0 Å². The van der Waals surface area contributed by atoms with Gasteiger partial charge in [-0.2, -0.15) is 5.10 Å². The lowest BCUT2D eigenvalue weighted by molar-refractivity contribution is -0.132. The molecule has 0 N–H and O–H groups in total. The monoisotopic (exact) mass is 327 g/mol. The number of sulfone groups is 1. The van der Waals surface area contributed by atoms with Crippen LogP contribution in [0.3, 0.4) is 0 Å². The third-order valence-corrected chi connectivity index (χ3v) is 6.24. The zero-order valence-corrected chi connectivity index (χ0v) is 14.3. The molecule has 6 nitrogen and oxygen atoms in total. The standard InChI is InChI=1S/C15H25N3O3S/c1-12(2)22(20,21)11-15(19)18-7-5-4-6-14(18)10-17-9-13(3)8-16-17/h8-9,12,14H,4-7,10-11H2,1-3H3. The molecule has 0 spiro atoms. The summed E-state index contributed by atoms with van der Waals surface area (Å²) in [6.07, 6.45) is 6.63. The number of piperidine rings is 1. The zero-order valence-electron chi connectivity index (χ0n) is 13.5. The van der Waals surface area contributed by atoms with Crippen molar-refractivity contribution in [2.75, 3.05) is 12.3 Å². The highest BCUT2D eigenvalue weighted by atomic mass is 32.2. The summed E-state index contributed by atoms with van der Waals surface area (Å²) in [6, 6.07) is 0.0305. The van der Waals surface area contributed by atoms with Gasteiger partial charge in [0.25, 0.3) is 0 Å². The second-order valence-corrected chi connectivity index (χ2v) is 8.89. The third-order valence-electron chi connectivity index (χ3n) is 4.15. The number of hydrogen-bond acceptors (Lipinski definition) is 4. The first-order chi connectivity index (χ1) is 10.3. The SMILES string of the molecule is Cc1cnn(CC2CCCCN2C(=O)CS(=O)(=O)C(C)C)c1. The van der Waals surface area contributed by atoms with Crippen LogP contribution in [0.5, 0.6) is 0 Å². The fourth-order valence-electron chi connectivity index (χ4n) is 2.72. The Labute approximate surface area is 132 Å². The van der Waals surface area contributed by atoms with Gasteiger partial charge < -0.3 is 4.90 Å². The Hall–Kier alpha value is -1.37. The van der Waals surface area contributed by atoms with Gasteiger partial charge in [-0.05, 0) is 45.6 Å². The van der Waals surface area contributed by atoms with Gasteiger partial charge in [0, 0.05) is 12.7 Å². The van der Waals surface area contributed by atoms with E-state index < -0.39 is 15.1 Å². The predicted molar refractivity (Wildman–Crippen MR) is 85.2 cm³/mol. The third kappa shape index (κ3) is 4.09. The van der Waals surface area contributed by atoms with Crippen LogP contribution in [0.2, 0.25) is 0 Å². The van der Waals surface area contributed by atoms with E-state index in [0.29, 0.717) is 13.1 Å². The topological polar surface area (TPSA) is 72.3 Å². The molecule has 0 radical (unpaired) electrons. The number of hydrogen-bond donors (Lipinski definition) is 0. The molecule has 124 valence electrons. The lowest BCUT2D eigenvalue weighted by atomic mass is 10.0. The number of amides is 1. The number of likely N-dealkylation sites (tertiary alicyclic amines) is 1. The van der Waals surface area contributed by atoms with Gasteiger partial charge in [-0.25, -0.2) is 8.42 Å². The van der Waals surface area contributed by atoms with Crippen LogP contribution in [0.25, 0.3) is 0 Å². The van der Waals surface area contributed by atoms with Gasteiger partial charge in [-0.3, -0.25) is 9.48 Å². The number of carbonyl (C=O) groups is 1. The molecule has 0 bridgehead atoms. The lowest BCUT2D eigenvalue weighted by Gasteiger charge is -2.35. The average Bonchev–Trinajstić information content (AvgIpc) is 2.84. The van der Waals surface area contributed by atoms with Crippen molar-refractivity contribution in [3.05, 3.63) is 18.0 Å². The maximum absolute atomic E-state index is 12.4. The molecule has 2 rings (SSSR count). The predicted octanol–water partition coefficient (Wildman–Crippen LogP) is 1.40. The Bertz CT molecular complexity index is 622. The van der Waals surface area contributed by atoms with E-state index in [4.69, 9.17) is 0 Å². The van der Waals surface area contributed by atoms with Crippen LogP contribution in [-0.4, -0.2) is 52.6 Å². The van der Waals surface area contributed by atoms with Crippen LogP contribution >= 0.6 is 0 Å². The maximum Gasteiger partial charge on any atom is 0.238 e. The van der Waals surface area contributed by atoms with Crippen LogP contribution in [0.15, 0.2) is 12.4 Å². The van der Waals surface area contributed by atoms with E-state index in [2.05, 4.69) is 5.10 Å². The van der Waals surface area contributed by atoms with E-state index >= 15 is 0 Å². The largest absolute Gasteiger partial charge is 0.337 e. The van der Waals surface area contributed by atoms with Crippen molar-refractivity contribution in [1.29, 1.82) is 0 Å². The Morgan fingerprint density at radius 3 is 2.73 bits per heavy atom. The van der Waals surface area contributed by atoms with E-state index in [-0.39, 0.29) is 17.7 Å². The minimum atomic E-state index is -3.35. The molecule has 1 saturated heterocycles. The Morgan fingerprint density at radius 1 is 1.41 bits per heavy atom. The molecule has 0 aromatic carbocycles. The van der Waals surface area contributed by atoms with Gasteiger partial charge in [0.15, 0.2) is 9.84 Å². The smallest absolute Gasteiger partial charge is 0.238 e. The summed E-state index contributed by atoms with van der Waals surface area (Å²) in [5.41, 5.74) is 1.08. The average molecular weight is 327 g/mol. The molecule has 1 aromatic heterocycles. The van der Waals surface area contributed by atoms with Gasteiger partial charge in [-0.15, -0.1) is 0 Å². The Morgan fingerprint density at radius 2 is 2.14 bits per heavy atom. The number of rotatable bonds is 5. The molecule has 22 heavy (non-hydrogen) atoms. The zero-order chi connectivity index (χ0) is 16.3. The summed E-state index contributed by atoms with van der Waals surface area (Å²) < 4.78 is 25.8. The first-order valence-corrected chi connectivity index (χ1v) is 9.51. The van der Waals surface area contributed by atoms with Crippen molar-refractivity contribution in [2.24, 2.45) is 0 Å². The second-order valence-electron chi connectivity index (χ2n) is 6.33. The van der Waals surface area contributed by atoms with Crippen molar-refractivity contribution < 1.29 is 13.2 Å². The molecule has 1 fully saturated rings. The van der Waals surface area contributed by atoms with Crippen molar-refractivity contribution >= 4 is 15.7 Å². The second kappa shape index (κ2) is 6.81. The van der Waals surface area contributed by atoms with Crippen LogP contribution in [0.4, 0.5) is 0 Å². The number of aryl methyl sites for hydroxylation is 1. The molecule has 1 unspecified atom stereocenters. The Kier molecular flexibility index (Phi) is 5.26. The highest BCUT2D eigenvalue weighted by Crippen LogP contribution is 2.19. The first-order valence-electron chi connectivity index (χ1n) is 7.79. The van der Waals surface area contributed by atoms with Crippen molar-refractivity contribution in [3.8, 4) is 0 Å². The number of aromatic nitrogens is 2. The number of carbonyl (C=O) groups excluding carboxylic acids is 1.